The van der Waals surface area contributed by atoms with Crippen molar-refractivity contribution in [2.24, 2.45) is 0 Å². The van der Waals surface area contributed by atoms with E-state index in [9.17, 15) is 14.2 Å². The Morgan fingerprint density at radius 3 is 2.11 bits per heavy atom. The maximum absolute atomic E-state index is 13.1. The van der Waals surface area contributed by atoms with Crippen molar-refractivity contribution in [3.63, 3.8) is 0 Å². The number of unbranched alkanes of at least 4 members (excludes halogenated alkanes) is 3. The van der Waals surface area contributed by atoms with Crippen LogP contribution < -0.4 is 9.47 Å². The molecule has 0 aliphatic rings. The number of hydrogen-bond donors (Lipinski definition) is 0. The molecule has 0 radical (unpaired) electrons. The van der Waals surface area contributed by atoms with E-state index in [-0.39, 0.29) is 24.4 Å². The van der Waals surface area contributed by atoms with E-state index in [1.165, 1.54) is 14.2 Å². The van der Waals surface area contributed by atoms with E-state index < -0.39 is 19.6 Å². The Morgan fingerprint density at radius 2 is 1.61 bits per heavy atom. The largest absolute Gasteiger partial charge is 0.496 e. The highest BCUT2D eigenvalue weighted by Crippen LogP contribution is 2.39. The average Bonchev–Trinajstić information content (AvgIpc) is 2.73. The van der Waals surface area contributed by atoms with Crippen molar-refractivity contribution in [1.29, 1.82) is 0 Å². The van der Waals surface area contributed by atoms with Crippen LogP contribution in [0.2, 0.25) is 0 Å². The van der Waals surface area contributed by atoms with E-state index in [0.717, 1.165) is 25.7 Å². The van der Waals surface area contributed by atoms with Gasteiger partial charge in [-0.05, 0) is 25.0 Å². The zero-order chi connectivity index (χ0) is 21.0. The molecule has 1 aromatic rings. The van der Waals surface area contributed by atoms with Crippen molar-refractivity contribution in [2.75, 3.05) is 20.8 Å². The summed E-state index contributed by atoms with van der Waals surface area (Å²) in [5, 5.41) is -1.40. The number of rotatable bonds is 14. The molecule has 1 rings (SSSR count). The molecule has 6 nitrogen and oxygen atoms in total. The standard InChI is InChI=1S/C21H31O6P/c1-5-7-9-14-27-20(23)21(28-24,13-8-6-2)15-16(22)19-17(25-3)11-10-12-18(19)26-4/h10-12H,5-9,13-15H2,1-4H3. The maximum atomic E-state index is 13.1. The Hall–Kier alpha value is -1.94. The summed E-state index contributed by atoms with van der Waals surface area (Å²) in [6.07, 6.45) is 4.25. The normalized spacial score (nSPS) is 13.0. The SMILES string of the molecule is CCCCCOC(=O)C(CCCC)(CC(=O)c1c(OC)cccc1OC)P=O. The van der Waals surface area contributed by atoms with Crippen LogP contribution in [-0.2, 0) is 14.1 Å². The molecule has 0 aliphatic heterocycles. The molecule has 0 N–H and O–H groups in total. The van der Waals surface area contributed by atoms with Crippen molar-refractivity contribution < 1.29 is 28.4 Å². The number of hydrogen-bond acceptors (Lipinski definition) is 6. The van der Waals surface area contributed by atoms with Gasteiger partial charge in [-0.2, -0.15) is 0 Å². The van der Waals surface area contributed by atoms with Gasteiger partial charge in [0.2, 0.25) is 0 Å². The van der Waals surface area contributed by atoms with Gasteiger partial charge in [0, 0.05) is 6.42 Å². The van der Waals surface area contributed by atoms with E-state index >= 15 is 0 Å². The Kier molecular flexibility index (Phi) is 10.8. The maximum Gasteiger partial charge on any atom is 0.324 e. The molecule has 1 aromatic carbocycles. The van der Waals surface area contributed by atoms with Gasteiger partial charge in [-0.25, -0.2) is 0 Å². The summed E-state index contributed by atoms with van der Waals surface area (Å²) in [7, 11) is 2.51. The summed E-state index contributed by atoms with van der Waals surface area (Å²) < 4.78 is 28.1. The van der Waals surface area contributed by atoms with Gasteiger partial charge in [0.1, 0.15) is 17.1 Å². The highest BCUT2D eigenvalue weighted by atomic mass is 31.1. The zero-order valence-electron chi connectivity index (χ0n) is 17.3. The van der Waals surface area contributed by atoms with Crippen molar-refractivity contribution in [3.8, 4) is 11.5 Å². The van der Waals surface area contributed by atoms with Gasteiger partial charge in [-0.1, -0.05) is 45.6 Å². The van der Waals surface area contributed by atoms with E-state index in [4.69, 9.17) is 14.2 Å². The first kappa shape index (κ1) is 24.1. The van der Waals surface area contributed by atoms with Crippen LogP contribution in [0.5, 0.6) is 11.5 Å². The number of Topliss-reactive ketones (excluding diaryl/α,β-unsaturated/α-hetero) is 1. The summed E-state index contributed by atoms with van der Waals surface area (Å²) in [6.45, 7) is 4.30. The minimum absolute atomic E-state index is 0.235. The number of carbonyl (C=O) groups excluding carboxylic acids is 2. The quantitative estimate of drug-likeness (QED) is 0.181. The van der Waals surface area contributed by atoms with Crippen LogP contribution in [-0.4, -0.2) is 37.7 Å². The third-order valence-electron chi connectivity index (χ3n) is 4.64. The smallest absolute Gasteiger partial charge is 0.324 e. The van der Waals surface area contributed by atoms with E-state index in [0.29, 0.717) is 24.3 Å². The number of methoxy groups -OCH3 is 2. The van der Waals surface area contributed by atoms with Gasteiger partial charge in [0.05, 0.1) is 20.8 Å². The first-order valence-electron chi connectivity index (χ1n) is 9.75. The second-order valence-electron chi connectivity index (χ2n) is 6.71. The highest BCUT2D eigenvalue weighted by Gasteiger charge is 2.43. The number of ketones is 1. The molecule has 0 aliphatic carbocycles. The molecule has 0 saturated carbocycles. The van der Waals surface area contributed by atoms with E-state index in [1.54, 1.807) is 18.2 Å². The minimum Gasteiger partial charge on any atom is -0.496 e. The molecule has 0 aromatic heterocycles. The van der Waals surface area contributed by atoms with Gasteiger partial charge < -0.3 is 14.2 Å². The number of carbonyl (C=O) groups is 2. The molecule has 0 spiro atoms. The van der Waals surface area contributed by atoms with Crippen molar-refractivity contribution in [1.82, 2.24) is 0 Å². The Morgan fingerprint density at radius 1 is 1.00 bits per heavy atom. The fourth-order valence-corrected chi connectivity index (χ4v) is 3.57. The number of benzene rings is 1. The molecule has 28 heavy (non-hydrogen) atoms. The summed E-state index contributed by atoms with van der Waals surface area (Å²) in [6, 6.07) is 5.02. The molecule has 0 fully saturated rings. The lowest BCUT2D eigenvalue weighted by molar-refractivity contribution is -0.147. The molecule has 1 atom stereocenters. The first-order valence-corrected chi connectivity index (χ1v) is 10.6. The number of ether oxygens (including phenoxy) is 3. The minimum atomic E-state index is -1.40. The molecule has 0 amide bonds. The molecule has 7 heteroatoms. The molecule has 1 unspecified atom stereocenters. The Labute approximate surface area is 169 Å². The Balaban J connectivity index is 3.14. The van der Waals surface area contributed by atoms with Crippen LogP contribution in [0.3, 0.4) is 0 Å². The van der Waals surface area contributed by atoms with Crippen LogP contribution in [0.25, 0.3) is 0 Å². The fourth-order valence-electron chi connectivity index (χ4n) is 2.98. The van der Waals surface area contributed by atoms with Crippen LogP contribution in [0, 0.1) is 0 Å². The fraction of sp³-hybridized carbons (Fsp3) is 0.619. The first-order chi connectivity index (χ1) is 13.5. The molecule has 0 saturated heterocycles. The van der Waals surface area contributed by atoms with Gasteiger partial charge in [0.15, 0.2) is 19.4 Å². The van der Waals surface area contributed by atoms with Gasteiger partial charge in [0.25, 0.3) is 0 Å². The second-order valence-corrected chi connectivity index (χ2v) is 7.75. The lowest BCUT2D eigenvalue weighted by atomic mass is 9.91. The molecular formula is C21H31O6P. The zero-order valence-corrected chi connectivity index (χ0v) is 18.2. The lowest BCUT2D eigenvalue weighted by Crippen LogP contribution is -2.37. The van der Waals surface area contributed by atoms with E-state index in [1.807, 2.05) is 6.92 Å². The van der Waals surface area contributed by atoms with Gasteiger partial charge >= 0.3 is 5.97 Å². The van der Waals surface area contributed by atoms with Gasteiger partial charge in [-0.3, -0.25) is 14.2 Å². The van der Waals surface area contributed by atoms with Gasteiger partial charge in [-0.15, -0.1) is 0 Å². The van der Waals surface area contributed by atoms with Crippen molar-refractivity contribution >= 4 is 20.2 Å². The third kappa shape index (κ3) is 6.30. The van der Waals surface area contributed by atoms with Crippen molar-refractivity contribution in [3.05, 3.63) is 23.8 Å². The average molecular weight is 410 g/mol. The molecule has 0 bridgehead atoms. The monoisotopic (exact) mass is 410 g/mol. The topological polar surface area (TPSA) is 78.9 Å². The number of esters is 1. The van der Waals surface area contributed by atoms with Crippen LogP contribution >= 0.6 is 8.46 Å². The summed E-state index contributed by atoms with van der Waals surface area (Å²) in [5.74, 6) is -0.240. The van der Waals surface area contributed by atoms with Crippen LogP contribution in [0.1, 0.15) is 69.2 Å². The van der Waals surface area contributed by atoms with Crippen LogP contribution in [0.15, 0.2) is 18.2 Å². The lowest BCUT2D eigenvalue weighted by Gasteiger charge is -2.25. The molecule has 156 valence electrons. The highest BCUT2D eigenvalue weighted by molar-refractivity contribution is 7.28. The summed E-state index contributed by atoms with van der Waals surface area (Å²) in [5.41, 5.74) is 0.246. The van der Waals surface area contributed by atoms with E-state index in [2.05, 4.69) is 6.92 Å². The third-order valence-corrected chi connectivity index (χ3v) is 5.55. The predicted molar refractivity (Wildman–Crippen MR) is 109 cm³/mol. The van der Waals surface area contributed by atoms with Crippen molar-refractivity contribution in [2.45, 2.75) is 63.9 Å². The van der Waals surface area contributed by atoms with Crippen LogP contribution in [0.4, 0.5) is 0 Å². The molecule has 0 heterocycles. The Bertz CT molecular complexity index is 638. The summed E-state index contributed by atoms with van der Waals surface area (Å²) in [4.78, 5) is 25.9. The predicted octanol–water partition coefficient (Wildman–Crippen LogP) is 5.23. The summed E-state index contributed by atoms with van der Waals surface area (Å²) >= 11 is 0. The molecular weight excluding hydrogens is 379 g/mol. The second kappa shape index (κ2) is 12.5.